The first-order chi connectivity index (χ1) is 13.4. The number of halogens is 1. The molecule has 0 bridgehead atoms. The largest absolute Gasteiger partial charge is 0.460 e. The first-order valence-corrected chi connectivity index (χ1v) is 9.33. The molecule has 0 unspecified atom stereocenters. The van der Waals surface area contributed by atoms with Crippen LogP contribution in [0.3, 0.4) is 0 Å². The average molecular weight is 407 g/mol. The van der Waals surface area contributed by atoms with Crippen LogP contribution in [-0.2, 0) is 14.2 Å². The van der Waals surface area contributed by atoms with E-state index in [0.717, 1.165) is 5.76 Å². The number of fused-ring (bicyclic) bond motifs is 2. The molecule has 1 N–H and O–H groups in total. The highest BCUT2D eigenvalue weighted by molar-refractivity contribution is 6.28. The number of aromatic nitrogens is 4. The molecule has 28 heavy (non-hydrogen) atoms. The molecule has 0 radical (unpaired) electrons. The Morgan fingerprint density at radius 2 is 2.00 bits per heavy atom. The maximum atomic E-state index is 9.70. The van der Waals surface area contributed by atoms with E-state index in [4.69, 9.17) is 30.2 Å². The van der Waals surface area contributed by atoms with E-state index in [1.807, 2.05) is 32.9 Å². The second kappa shape index (κ2) is 6.23. The van der Waals surface area contributed by atoms with Crippen LogP contribution in [0.15, 0.2) is 22.7 Å². The summed E-state index contributed by atoms with van der Waals surface area (Å²) in [6.07, 6.45) is -0.365. The highest BCUT2D eigenvalue weighted by Crippen LogP contribution is 2.43. The van der Waals surface area contributed by atoms with Gasteiger partial charge in [-0.15, -0.1) is 0 Å². The molecule has 2 aliphatic rings. The number of aliphatic hydroxyl groups excluding tert-OH is 1. The molecule has 9 nitrogen and oxygen atoms in total. The van der Waals surface area contributed by atoms with E-state index in [-0.39, 0.29) is 11.9 Å². The smallest absolute Gasteiger partial charge is 0.225 e. The van der Waals surface area contributed by atoms with Crippen molar-refractivity contribution in [2.45, 2.75) is 51.1 Å². The molecule has 2 saturated heterocycles. The van der Waals surface area contributed by atoms with Gasteiger partial charge in [0.05, 0.1) is 18.2 Å². The molecular formula is C18H19ClN4O5. The summed E-state index contributed by atoms with van der Waals surface area (Å²) in [5.41, 5.74) is 1.03. The lowest BCUT2D eigenvalue weighted by atomic mass is 10.1. The highest BCUT2D eigenvalue weighted by atomic mass is 35.5. The van der Waals surface area contributed by atoms with Gasteiger partial charge in [0.2, 0.25) is 5.28 Å². The van der Waals surface area contributed by atoms with E-state index in [9.17, 15) is 5.11 Å². The number of aryl methyl sites for hydroxylation is 1. The third-order valence-corrected chi connectivity index (χ3v) is 5.12. The van der Waals surface area contributed by atoms with Gasteiger partial charge >= 0.3 is 0 Å². The minimum Gasteiger partial charge on any atom is -0.460 e. The van der Waals surface area contributed by atoms with Gasteiger partial charge in [0.1, 0.15) is 29.8 Å². The monoisotopic (exact) mass is 406 g/mol. The second-order valence-corrected chi connectivity index (χ2v) is 7.73. The lowest BCUT2D eigenvalue weighted by Crippen LogP contribution is -2.31. The fourth-order valence-corrected chi connectivity index (χ4v) is 4.00. The summed E-state index contributed by atoms with van der Waals surface area (Å²) < 4.78 is 25.2. The molecule has 2 fully saturated rings. The number of furan rings is 1. The summed E-state index contributed by atoms with van der Waals surface area (Å²) in [5.74, 6) is 0.556. The van der Waals surface area contributed by atoms with Crippen molar-refractivity contribution in [3.63, 3.8) is 0 Å². The fourth-order valence-electron chi connectivity index (χ4n) is 3.84. The molecule has 5 rings (SSSR count). The average Bonchev–Trinajstić information content (AvgIpc) is 3.37. The van der Waals surface area contributed by atoms with Gasteiger partial charge in [-0.3, -0.25) is 0 Å². The molecule has 0 spiro atoms. The first-order valence-electron chi connectivity index (χ1n) is 8.96. The fraction of sp³-hybridized carbons (Fsp3) is 0.500. The van der Waals surface area contributed by atoms with Gasteiger partial charge < -0.3 is 23.7 Å². The van der Waals surface area contributed by atoms with Gasteiger partial charge in [0, 0.05) is 0 Å². The van der Waals surface area contributed by atoms with Crippen LogP contribution in [0, 0.1) is 6.92 Å². The Hall–Kier alpha value is -2.04. The van der Waals surface area contributed by atoms with Crippen LogP contribution in [0.25, 0.3) is 22.5 Å². The number of hydrogen-bond donors (Lipinski definition) is 1. The standard InChI is InChI=1S/C18H19ClN4O5/c1-8-4-5-10(25-8)12-9-6-20-23(15(9)22-17(19)21-12)16-14-13(11(7-24)26-16)27-18(2,3)28-14/h4-6,11,13-14,16,24H,7H2,1-3H3/t11-,13-,14-,16-/m1/s1. The Kier molecular flexibility index (Phi) is 4.01. The molecule has 0 saturated carbocycles. The summed E-state index contributed by atoms with van der Waals surface area (Å²) in [6.45, 7) is 5.32. The number of rotatable bonds is 3. The minimum atomic E-state index is -0.781. The van der Waals surface area contributed by atoms with Crippen molar-refractivity contribution >= 4 is 22.6 Å². The van der Waals surface area contributed by atoms with Crippen molar-refractivity contribution in [2.75, 3.05) is 6.61 Å². The van der Waals surface area contributed by atoms with Gasteiger partial charge in [-0.1, -0.05) is 0 Å². The lowest BCUT2D eigenvalue weighted by molar-refractivity contribution is -0.201. The molecule has 4 atom stereocenters. The van der Waals surface area contributed by atoms with E-state index in [1.54, 1.807) is 10.9 Å². The summed E-state index contributed by atoms with van der Waals surface area (Å²) in [5, 5.41) is 14.9. The molecule has 148 valence electrons. The number of aliphatic hydroxyl groups is 1. The topological polar surface area (TPSA) is 105 Å². The first kappa shape index (κ1) is 18.0. The van der Waals surface area contributed by atoms with E-state index in [2.05, 4.69) is 15.1 Å². The molecule has 0 amide bonds. The molecule has 3 aromatic heterocycles. The maximum absolute atomic E-state index is 9.70. The molecular weight excluding hydrogens is 388 g/mol. The third kappa shape index (κ3) is 2.73. The molecule has 3 aromatic rings. The van der Waals surface area contributed by atoms with Crippen LogP contribution in [0.2, 0.25) is 5.28 Å². The summed E-state index contributed by atoms with van der Waals surface area (Å²) in [7, 11) is 0. The van der Waals surface area contributed by atoms with Crippen LogP contribution in [0.5, 0.6) is 0 Å². The third-order valence-electron chi connectivity index (χ3n) is 4.95. The Morgan fingerprint density at radius 3 is 2.71 bits per heavy atom. The van der Waals surface area contributed by atoms with Crippen LogP contribution < -0.4 is 0 Å². The molecule has 0 aliphatic carbocycles. The van der Waals surface area contributed by atoms with E-state index >= 15 is 0 Å². The quantitative estimate of drug-likeness (QED) is 0.661. The maximum Gasteiger partial charge on any atom is 0.225 e. The van der Waals surface area contributed by atoms with E-state index in [0.29, 0.717) is 22.5 Å². The van der Waals surface area contributed by atoms with Crippen molar-refractivity contribution in [1.29, 1.82) is 0 Å². The Labute approximate surface area is 165 Å². The van der Waals surface area contributed by atoms with Crippen LogP contribution in [-0.4, -0.2) is 55.6 Å². The van der Waals surface area contributed by atoms with Gasteiger partial charge in [-0.25, -0.2) is 9.67 Å². The van der Waals surface area contributed by atoms with Crippen molar-refractivity contribution in [1.82, 2.24) is 19.7 Å². The summed E-state index contributed by atoms with van der Waals surface area (Å²) in [4.78, 5) is 8.66. The molecule has 5 heterocycles. The zero-order valence-electron chi connectivity index (χ0n) is 15.5. The highest BCUT2D eigenvalue weighted by Gasteiger charge is 2.56. The van der Waals surface area contributed by atoms with Gasteiger partial charge in [-0.05, 0) is 44.5 Å². The van der Waals surface area contributed by atoms with Crippen LogP contribution >= 0.6 is 11.6 Å². The number of ether oxygens (including phenoxy) is 3. The summed E-state index contributed by atoms with van der Waals surface area (Å²) in [6, 6.07) is 3.68. The number of nitrogens with zero attached hydrogens (tertiary/aromatic N) is 4. The Balaban J connectivity index is 1.61. The predicted octanol–water partition coefficient (Wildman–Crippen LogP) is 2.46. The molecule has 0 aromatic carbocycles. The lowest BCUT2D eigenvalue weighted by Gasteiger charge is -2.23. The van der Waals surface area contributed by atoms with Gasteiger partial charge in [-0.2, -0.15) is 10.1 Å². The predicted molar refractivity (Wildman–Crippen MR) is 97.6 cm³/mol. The normalized spacial score (nSPS) is 28.9. The van der Waals surface area contributed by atoms with Crippen molar-refractivity contribution in [3.8, 4) is 11.5 Å². The molecule has 10 heteroatoms. The van der Waals surface area contributed by atoms with Crippen molar-refractivity contribution in [2.24, 2.45) is 0 Å². The summed E-state index contributed by atoms with van der Waals surface area (Å²) >= 11 is 6.19. The van der Waals surface area contributed by atoms with Crippen molar-refractivity contribution in [3.05, 3.63) is 29.4 Å². The SMILES string of the molecule is Cc1ccc(-c2nc(Cl)nc3c2cnn3[C@@H]2O[C@H](CO)[C@H]3OC(C)(C)O[C@H]32)o1. The van der Waals surface area contributed by atoms with Crippen LogP contribution in [0.4, 0.5) is 0 Å². The minimum absolute atomic E-state index is 0.0653. The Bertz CT molecular complexity index is 1050. The van der Waals surface area contributed by atoms with E-state index in [1.165, 1.54) is 0 Å². The van der Waals surface area contributed by atoms with Crippen molar-refractivity contribution < 1.29 is 23.7 Å². The zero-order chi connectivity index (χ0) is 19.6. The number of hydrogen-bond acceptors (Lipinski definition) is 8. The van der Waals surface area contributed by atoms with Gasteiger partial charge in [0.25, 0.3) is 0 Å². The van der Waals surface area contributed by atoms with E-state index < -0.39 is 30.3 Å². The zero-order valence-corrected chi connectivity index (χ0v) is 16.3. The second-order valence-electron chi connectivity index (χ2n) is 7.39. The Morgan fingerprint density at radius 1 is 1.21 bits per heavy atom. The van der Waals surface area contributed by atoms with Crippen LogP contribution in [0.1, 0.15) is 25.8 Å². The van der Waals surface area contributed by atoms with Gasteiger partial charge in [0.15, 0.2) is 23.4 Å². The molecule has 2 aliphatic heterocycles.